The molecule has 0 bridgehead atoms. The number of carbonyl (C=O) groups is 2. The first-order valence-corrected chi connectivity index (χ1v) is 13.0. The first-order valence-electron chi connectivity index (χ1n) is 11.6. The van der Waals surface area contributed by atoms with Gasteiger partial charge in [-0.15, -0.1) is 0 Å². The summed E-state index contributed by atoms with van der Waals surface area (Å²) in [6, 6.07) is 15.3. The predicted octanol–water partition coefficient (Wildman–Crippen LogP) is 2.49. The Hall–Kier alpha value is -4.65. The number of methoxy groups -OCH3 is 1. The Labute approximate surface area is 223 Å². The van der Waals surface area contributed by atoms with Gasteiger partial charge in [0.25, 0.3) is 15.9 Å². The monoisotopic (exact) mass is 557 g/mol. The van der Waals surface area contributed by atoms with Crippen molar-refractivity contribution in [3.63, 3.8) is 0 Å². The lowest BCUT2D eigenvalue weighted by molar-refractivity contribution is -0.142. The summed E-state index contributed by atoms with van der Waals surface area (Å²) in [6.45, 7) is -0.321. The molecule has 4 rings (SSSR count). The van der Waals surface area contributed by atoms with Crippen molar-refractivity contribution in [1.29, 1.82) is 0 Å². The van der Waals surface area contributed by atoms with Crippen molar-refractivity contribution in [2.75, 3.05) is 37.8 Å². The minimum atomic E-state index is -4.29. The second-order valence-corrected chi connectivity index (χ2v) is 9.89. The molecular weight excluding hydrogens is 533 g/mol. The van der Waals surface area contributed by atoms with Crippen molar-refractivity contribution in [3.8, 4) is 17.2 Å². The van der Waals surface area contributed by atoms with Crippen molar-refractivity contribution in [2.24, 2.45) is 5.10 Å². The Bertz CT molecular complexity index is 1480. The second kappa shape index (κ2) is 12.3. The smallest absolute Gasteiger partial charge is 0.343 e. The van der Waals surface area contributed by atoms with Gasteiger partial charge in [0, 0.05) is 6.07 Å². The Morgan fingerprint density at radius 2 is 1.79 bits per heavy atom. The average molecular weight is 558 g/mol. The maximum Gasteiger partial charge on any atom is 0.343 e. The number of benzene rings is 3. The van der Waals surface area contributed by atoms with E-state index in [-0.39, 0.29) is 29.5 Å². The summed E-state index contributed by atoms with van der Waals surface area (Å²) in [4.78, 5) is 23.9. The largest absolute Gasteiger partial charge is 0.486 e. The lowest BCUT2D eigenvalue weighted by Gasteiger charge is -2.25. The fraction of sp³-hybridized carbons (Fsp3) is 0.192. The van der Waals surface area contributed by atoms with Crippen LogP contribution in [0, 0.1) is 5.82 Å². The van der Waals surface area contributed by atoms with Crippen LogP contribution >= 0.6 is 0 Å². The van der Waals surface area contributed by atoms with Gasteiger partial charge in [-0.05, 0) is 54.1 Å². The highest BCUT2D eigenvalue weighted by atomic mass is 32.2. The van der Waals surface area contributed by atoms with Gasteiger partial charge in [-0.1, -0.05) is 12.1 Å². The Kier molecular flexibility index (Phi) is 8.61. The predicted molar refractivity (Wildman–Crippen MR) is 138 cm³/mol. The molecule has 0 radical (unpaired) electrons. The minimum Gasteiger partial charge on any atom is -0.486 e. The molecule has 1 aliphatic heterocycles. The molecule has 3 aromatic carbocycles. The SMILES string of the molecule is COC(=O)COc1cccc(/C=N/NC(=O)CN(c2ccc(F)cc2)S(=O)(=O)c2ccc3c(c2)OCCO3)c1. The Morgan fingerprint density at radius 1 is 1.05 bits per heavy atom. The molecule has 0 spiro atoms. The normalized spacial score (nSPS) is 12.6. The van der Waals surface area contributed by atoms with Crippen LogP contribution in [0.4, 0.5) is 10.1 Å². The van der Waals surface area contributed by atoms with Gasteiger partial charge in [0.05, 0.1) is 23.9 Å². The van der Waals surface area contributed by atoms with Gasteiger partial charge in [0.15, 0.2) is 18.1 Å². The maximum atomic E-state index is 13.6. The average Bonchev–Trinajstić information content (AvgIpc) is 2.95. The highest BCUT2D eigenvalue weighted by Gasteiger charge is 2.29. The molecule has 0 aliphatic carbocycles. The molecule has 39 heavy (non-hydrogen) atoms. The molecular formula is C26H24FN3O8S. The molecule has 0 fully saturated rings. The number of esters is 1. The number of rotatable bonds is 10. The lowest BCUT2D eigenvalue weighted by Crippen LogP contribution is -2.39. The lowest BCUT2D eigenvalue weighted by atomic mass is 10.2. The van der Waals surface area contributed by atoms with Crippen LogP contribution < -0.4 is 23.9 Å². The zero-order valence-electron chi connectivity index (χ0n) is 20.7. The minimum absolute atomic E-state index is 0.0703. The number of hydrogen-bond donors (Lipinski definition) is 1. The molecule has 3 aromatic rings. The van der Waals surface area contributed by atoms with Crippen molar-refractivity contribution in [2.45, 2.75) is 4.90 Å². The van der Waals surface area contributed by atoms with E-state index in [0.717, 1.165) is 16.4 Å². The summed E-state index contributed by atoms with van der Waals surface area (Å²) in [5, 5.41) is 3.88. The highest BCUT2D eigenvalue weighted by Crippen LogP contribution is 2.34. The van der Waals surface area contributed by atoms with Gasteiger partial charge in [0.2, 0.25) is 0 Å². The van der Waals surface area contributed by atoms with E-state index in [2.05, 4.69) is 15.3 Å². The summed E-state index contributed by atoms with van der Waals surface area (Å²) in [5.74, 6) is -0.826. The molecule has 0 aromatic heterocycles. The van der Waals surface area contributed by atoms with E-state index < -0.39 is 34.3 Å². The fourth-order valence-corrected chi connectivity index (χ4v) is 4.90. The fourth-order valence-electron chi connectivity index (χ4n) is 3.46. The summed E-state index contributed by atoms with van der Waals surface area (Å²) in [7, 11) is -3.04. The summed E-state index contributed by atoms with van der Waals surface area (Å²) in [6.07, 6.45) is 1.32. The molecule has 0 unspecified atom stereocenters. The number of fused-ring (bicyclic) bond motifs is 1. The number of hydrazone groups is 1. The summed E-state index contributed by atoms with van der Waals surface area (Å²) < 4.78 is 62.3. The molecule has 1 N–H and O–H groups in total. The molecule has 1 aliphatic rings. The standard InChI is InChI=1S/C26H24FN3O8S/c1-35-26(32)17-38-21-4-2-3-18(13-21)15-28-29-25(31)16-30(20-7-5-19(27)6-8-20)39(33,34)22-9-10-23-24(14-22)37-12-11-36-23/h2-10,13-15H,11-12,16-17H2,1H3,(H,29,31)/b28-15+. The number of carbonyl (C=O) groups excluding carboxylic acids is 2. The third-order valence-corrected chi connectivity index (χ3v) is 7.12. The van der Waals surface area contributed by atoms with E-state index in [9.17, 15) is 22.4 Å². The van der Waals surface area contributed by atoms with Gasteiger partial charge in [0.1, 0.15) is 31.3 Å². The molecule has 13 heteroatoms. The molecule has 1 heterocycles. The van der Waals surface area contributed by atoms with E-state index in [4.69, 9.17) is 14.2 Å². The molecule has 0 saturated heterocycles. The zero-order chi connectivity index (χ0) is 27.8. The third kappa shape index (κ3) is 7.02. The van der Waals surface area contributed by atoms with Gasteiger partial charge >= 0.3 is 5.97 Å². The van der Waals surface area contributed by atoms with Gasteiger partial charge in [-0.3, -0.25) is 9.10 Å². The molecule has 204 valence electrons. The third-order valence-electron chi connectivity index (χ3n) is 5.35. The maximum absolute atomic E-state index is 13.6. The van der Waals surface area contributed by atoms with Crippen LogP contribution in [0.5, 0.6) is 17.2 Å². The van der Waals surface area contributed by atoms with Crippen molar-refractivity contribution in [1.82, 2.24) is 5.43 Å². The molecule has 11 nitrogen and oxygen atoms in total. The van der Waals surface area contributed by atoms with Crippen LogP contribution in [0.3, 0.4) is 0 Å². The molecule has 1 amide bonds. The first-order chi connectivity index (χ1) is 18.8. The van der Waals surface area contributed by atoms with E-state index in [1.54, 1.807) is 24.3 Å². The quantitative estimate of drug-likeness (QED) is 0.228. The van der Waals surface area contributed by atoms with Crippen LogP contribution in [-0.2, 0) is 24.3 Å². The van der Waals surface area contributed by atoms with Crippen LogP contribution in [0.2, 0.25) is 0 Å². The van der Waals surface area contributed by atoms with Crippen molar-refractivity contribution >= 4 is 33.8 Å². The number of sulfonamides is 1. The number of amides is 1. The molecule has 0 saturated carbocycles. The number of nitrogens with one attached hydrogen (secondary N) is 1. The Morgan fingerprint density at radius 3 is 2.54 bits per heavy atom. The molecule has 0 atom stereocenters. The van der Waals surface area contributed by atoms with Gasteiger partial charge in [-0.25, -0.2) is 23.0 Å². The summed E-state index contributed by atoms with van der Waals surface area (Å²) >= 11 is 0. The number of ether oxygens (including phenoxy) is 4. The van der Waals surface area contributed by atoms with E-state index in [1.807, 2.05) is 0 Å². The highest BCUT2D eigenvalue weighted by molar-refractivity contribution is 7.92. The first kappa shape index (κ1) is 27.4. The van der Waals surface area contributed by atoms with Gasteiger partial charge < -0.3 is 18.9 Å². The second-order valence-electron chi connectivity index (χ2n) is 8.02. The van der Waals surface area contributed by atoms with E-state index >= 15 is 0 Å². The van der Waals surface area contributed by atoms with Gasteiger partial charge in [-0.2, -0.15) is 5.10 Å². The number of anilines is 1. The van der Waals surface area contributed by atoms with Crippen LogP contribution in [0.25, 0.3) is 0 Å². The van der Waals surface area contributed by atoms with Crippen molar-refractivity contribution in [3.05, 3.63) is 78.1 Å². The zero-order valence-corrected chi connectivity index (χ0v) is 21.5. The topological polar surface area (TPSA) is 133 Å². The number of nitrogens with zero attached hydrogens (tertiary/aromatic N) is 2. The van der Waals surface area contributed by atoms with E-state index in [1.165, 1.54) is 43.7 Å². The van der Waals surface area contributed by atoms with Crippen LogP contribution in [0.1, 0.15) is 5.56 Å². The van der Waals surface area contributed by atoms with Crippen LogP contribution in [-0.4, -0.2) is 60.0 Å². The van der Waals surface area contributed by atoms with E-state index in [0.29, 0.717) is 23.7 Å². The number of halogens is 1. The number of hydrogen-bond acceptors (Lipinski definition) is 9. The van der Waals surface area contributed by atoms with Crippen LogP contribution in [0.15, 0.2) is 76.7 Å². The van der Waals surface area contributed by atoms with Crippen molar-refractivity contribution < 1.29 is 41.3 Å². The summed E-state index contributed by atoms with van der Waals surface area (Å²) in [5.41, 5.74) is 2.89. The Balaban J connectivity index is 1.50.